The number of carbonyl (C=O) groups is 4. The van der Waals surface area contributed by atoms with Crippen molar-refractivity contribution in [1.82, 2.24) is 20.3 Å². The van der Waals surface area contributed by atoms with Crippen molar-refractivity contribution in [1.29, 1.82) is 0 Å². The molecule has 5 atom stereocenters. The Morgan fingerprint density at radius 2 is 1.83 bits per heavy atom. The fourth-order valence-electron chi connectivity index (χ4n) is 8.14. The van der Waals surface area contributed by atoms with Gasteiger partial charge in [0.1, 0.15) is 18.4 Å². The number of sulfonamides is 1. The smallest absolute Gasteiger partial charge is 0.408 e. The standard InChI is InChI=1S/C34H49ClN4O7S/c1-47(44,45)39-15-13-34(14-16-39)21-26(31(41)38-34)20-28(22-40)36-32(42)29(19-23-7-3-2-4-8-23)37-33(43)46-30-12-6-10-25(30)17-24-9-5-11-27(35)18-24/h5,9,11,18,22-23,25-26,28-30H,2-4,6-8,10,12-17,19-21H2,1H3,(H,36,42)(H,37,43)(H,38,41)/t25?,26?,28?,29-,30?/m0/s1. The lowest BCUT2D eigenvalue weighted by molar-refractivity contribution is -0.127. The molecule has 0 aromatic heterocycles. The van der Waals surface area contributed by atoms with Crippen molar-refractivity contribution >= 4 is 45.8 Å². The molecule has 1 spiro atoms. The average molecular weight is 693 g/mol. The summed E-state index contributed by atoms with van der Waals surface area (Å²) in [5, 5.41) is 9.38. The van der Waals surface area contributed by atoms with Gasteiger partial charge in [0.15, 0.2) is 0 Å². The summed E-state index contributed by atoms with van der Waals surface area (Å²) in [7, 11) is -3.30. The van der Waals surface area contributed by atoms with Gasteiger partial charge < -0.3 is 25.5 Å². The predicted octanol–water partition coefficient (Wildman–Crippen LogP) is 4.12. The van der Waals surface area contributed by atoms with Gasteiger partial charge in [-0.1, -0.05) is 55.8 Å². The predicted molar refractivity (Wildman–Crippen MR) is 178 cm³/mol. The van der Waals surface area contributed by atoms with Gasteiger partial charge in [0.05, 0.1) is 12.3 Å². The maximum atomic E-state index is 13.7. The molecule has 1 aromatic carbocycles. The monoisotopic (exact) mass is 692 g/mol. The van der Waals surface area contributed by atoms with Crippen molar-refractivity contribution in [2.24, 2.45) is 17.8 Å². The molecule has 1 aromatic rings. The van der Waals surface area contributed by atoms with E-state index in [2.05, 4.69) is 16.0 Å². The average Bonchev–Trinajstić information content (AvgIpc) is 3.58. The molecule has 13 heteroatoms. The van der Waals surface area contributed by atoms with Crippen LogP contribution in [0.25, 0.3) is 0 Å². The number of nitrogens with zero attached hydrogens (tertiary/aromatic N) is 1. The summed E-state index contributed by atoms with van der Waals surface area (Å²) in [6, 6.07) is 5.92. The van der Waals surface area contributed by atoms with E-state index >= 15 is 0 Å². The van der Waals surface area contributed by atoms with Crippen LogP contribution in [0, 0.1) is 17.8 Å². The number of benzene rings is 1. The topological polar surface area (TPSA) is 151 Å². The normalized spacial score (nSPS) is 26.3. The molecular formula is C34H49ClN4O7S. The molecule has 2 aliphatic heterocycles. The number of ether oxygens (including phenoxy) is 1. The summed E-state index contributed by atoms with van der Waals surface area (Å²) in [6.45, 7) is 0.652. The van der Waals surface area contributed by atoms with Crippen molar-refractivity contribution in [2.75, 3.05) is 19.3 Å². The van der Waals surface area contributed by atoms with E-state index in [9.17, 15) is 27.6 Å². The number of carbonyl (C=O) groups excluding carboxylic acids is 4. The lowest BCUT2D eigenvalue weighted by Gasteiger charge is -2.38. The number of alkyl carbamates (subject to hydrolysis) is 1. The maximum absolute atomic E-state index is 13.7. The van der Waals surface area contributed by atoms with E-state index in [0.29, 0.717) is 50.1 Å². The third-order valence-electron chi connectivity index (χ3n) is 10.7. The van der Waals surface area contributed by atoms with E-state index < -0.39 is 45.6 Å². The Balaban J connectivity index is 1.18. The molecule has 260 valence electrons. The minimum atomic E-state index is -3.30. The second-order valence-electron chi connectivity index (χ2n) is 14.2. The van der Waals surface area contributed by atoms with Gasteiger partial charge in [0.2, 0.25) is 21.8 Å². The summed E-state index contributed by atoms with van der Waals surface area (Å²) in [4.78, 5) is 52.1. The first-order chi connectivity index (χ1) is 22.4. The minimum Gasteiger partial charge on any atom is -0.446 e. The number of piperidine rings is 1. The number of aldehydes is 1. The molecule has 0 bridgehead atoms. The van der Waals surface area contributed by atoms with Crippen molar-refractivity contribution in [3.05, 3.63) is 34.9 Å². The van der Waals surface area contributed by atoms with Crippen LogP contribution in [0.3, 0.4) is 0 Å². The van der Waals surface area contributed by atoms with Gasteiger partial charge >= 0.3 is 6.09 Å². The largest absolute Gasteiger partial charge is 0.446 e. The molecule has 5 rings (SSSR count). The Bertz CT molecular complexity index is 1390. The number of nitrogens with one attached hydrogen (secondary N) is 3. The number of halogens is 1. The van der Waals surface area contributed by atoms with Gasteiger partial charge in [-0.3, -0.25) is 9.59 Å². The van der Waals surface area contributed by atoms with E-state index in [1.165, 1.54) is 10.6 Å². The minimum absolute atomic E-state index is 0.131. The quantitative estimate of drug-likeness (QED) is 0.279. The van der Waals surface area contributed by atoms with Gasteiger partial charge in [-0.15, -0.1) is 0 Å². The van der Waals surface area contributed by atoms with Crippen molar-refractivity contribution in [3.63, 3.8) is 0 Å². The summed E-state index contributed by atoms with van der Waals surface area (Å²) in [5.74, 6) is -0.716. The van der Waals surface area contributed by atoms with Gasteiger partial charge in [0.25, 0.3) is 0 Å². The molecule has 2 saturated carbocycles. The molecule has 2 heterocycles. The first kappa shape index (κ1) is 35.6. The van der Waals surface area contributed by atoms with E-state index in [-0.39, 0.29) is 30.3 Å². The zero-order valence-corrected chi connectivity index (χ0v) is 28.8. The first-order valence-electron chi connectivity index (χ1n) is 17.2. The van der Waals surface area contributed by atoms with Crippen molar-refractivity contribution < 1.29 is 32.3 Å². The molecule has 11 nitrogen and oxygen atoms in total. The van der Waals surface area contributed by atoms with Crippen LogP contribution in [-0.4, -0.2) is 80.0 Å². The maximum Gasteiger partial charge on any atom is 0.408 e. The second kappa shape index (κ2) is 15.7. The zero-order chi connectivity index (χ0) is 33.6. The zero-order valence-electron chi connectivity index (χ0n) is 27.3. The highest BCUT2D eigenvalue weighted by molar-refractivity contribution is 7.88. The van der Waals surface area contributed by atoms with Gasteiger partial charge in [-0.2, -0.15) is 0 Å². The Hall–Kier alpha value is -2.70. The molecule has 47 heavy (non-hydrogen) atoms. The van der Waals surface area contributed by atoms with Crippen LogP contribution in [0.2, 0.25) is 5.02 Å². The Kier molecular flexibility index (Phi) is 11.9. The highest BCUT2D eigenvalue weighted by Crippen LogP contribution is 2.37. The van der Waals surface area contributed by atoms with Crippen LogP contribution in [0.1, 0.15) is 89.0 Å². The Labute approximate surface area is 283 Å². The molecular weight excluding hydrogens is 644 g/mol. The summed E-state index contributed by atoms with van der Waals surface area (Å²) in [6.07, 6.45) is 11.6. The van der Waals surface area contributed by atoms with Crippen LogP contribution in [-0.2, 0) is 35.6 Å². The van der Waals surface area contributed by atoms with Crippen LogP contribution < -0.4 is 16.0 Å². The fourth-order valence-corrected chi connectivity index (χ4v) is 9.20. The van der Waals surface area contributed by atoms with Gasteiger partial charge in [-0.05, 0) is 81.4 Å². The molecule has 2 aliphatic carbocycles. The number of hydrogen-bond donors (Lipinski definition) is 3. The number of rotatable bonds is 12. The lowest BCUT2D eigenvalue weighted by atomic mass is 9.82. The summed E-state index contributed by atoms with van der Waals surface area (Å²) < 4.78 is 31.2. The van der Waals surface area contributed by atoms with Crippen LogP contribution in [0.15, 0.2) is 24.3 Å². The SMILES string of the molecule is CS(=O)(=O)N1CCC2(CC1)CC(CC(C=O)NC(=O)[C@H](CC1CCCCC1)NC(=O)OC1CCCC1Cc1cccc(Cl)c1)C(=O)N2. The van der Waals surface area contributed by atoms with Crippen molar-refractivity contribution in [3.8, 4) is 0 Å². The second-order valence-corrected chi connectivity index (χ2v) is 16.6. The fraction of sp³-hybridized carbons (Fsp3) is 0.706. The molecule has 4 unspecified atom stereocenters. The lowest BCUT2D eigenvalue weighted by Crippen LogP contribution is -2.52. The van der Waals surface area contributed by atoms with Crippen LogP contribution in [0.5, 0.6) is 0 Å². The summed E-state index contributed by atoms with van der Waals surface area (Å²) in [5.41, 5.74) is 0.578. The molecule has 3 amide bonds. The van der Waals surface area contributed by atoms with Crippen LogP contribution >= 0.6 is 11.6 Å². The molecule has 2 saturated heterocycles. The highest BCUT2D eigenvalue weighted by Gasteiger charge is 2.47. The molecule has 3 N–H and O–H groups in total. The van der Waals surface area contributed by atoms with Gasteiger partial charge in [0, 0.05) is 35.5 Å². The van der Waals surface area contributed by atoms with Gasteiger partial charge in [-0.25, -0.2) is 17.5 Å². The Morgan fingerprint density at radius 1 is 1.09 bits per heavy atom. The number of amides is 3. The number of hydrogen-bond acceptors (Lipinski definition) is 7. The van der Waals surface area contributed by atoms with E-state index in [0.717, 1.165) is 63.4 Å². The molecule has 0 radical (unpaired) electrons. The molecule has 4 aliphatic rings. The first-order valence-corrected chi connectivity index (χ1v) is 19.4. The van der Waals surface area contributed by atoms with E-state index in [1.54, 1.807) is 0 Å². The van der Waals surface area contributed by atoms with Crippen molar-refractivity contribution in [2.45, 2.75) is 114 Å². The highest BCUT2D eigenvalue weighted by atomic mass is 35.5. The summed E-state index contributed by atoms with van der Waals surface area (Å²) >= 11 is 6.18. The third kappa shape index (κ3) is 9.69. The third-order valence-corrected chi connectivity index (χ3v) is 12.3. The molecule has 4 fully saturated rings. The van der Waals surface area contributed by atoms with E-state index in [4.69, 9.17) is 16.3 Å². The van der Waals surface area contributed by atoms with Crippen LogP contribution in [0.4, 0.5) is 4.79 Å². The van der Waals surface area contributed by atoms with E-state index in [1.807, 2.05) is 24.3 Å². The Morgan fingerprint density at radius 3 is 2.51 bits per heavy atom.